The zero-order valence-electron chi connectivity index (χ0n) is 17.9. The molecule has 0 saturated heterocycles. The van der Waals surface area contributed by atoms with Gasteiger partial charge >= 0.3 is 6.18 Å². The van der Waals surface area contributed by atoms with E-state index in [9.17, 15) is 22.8 Å². The van der Waals surface area contributed by atoms with Gasteiger partial charge in [-0.2, -0.15) is 13.2 Å². The van der Waals surface area contributed by atoms with Crippen LogP contribution in [0.1, 0.15) is 21.6 Å². The van der Waals surface area contributed by atoms with Crippen LogP contribution in [0.5, 0.6) is 0 Å². The molecule has 2 heterocycles. The van der Waals surface area contributed by atoms with Crippen molar-refractivity contribution in [3.8, 4) is 28.3 Å². The fourth-order valence-corrected chi connectivity index (χ4v) is 3.74. The number of nitrogens with one attached hydrogen (secondary N) is 1. The average molecular weight is 488 g/mol. The summed E-state index contributed by atoms with van der Waals surface area (Å²) < 4.78 is 46.7. The smallest absolute Gasteiger partial charge is 0.416 e. The second-order valence-corrected chi connectivity index (χ2v) is 7.80. The lowest BCUT2D eigenvalue weighted by Crippen LogP contribution is -2.32. The first kappa shape index (κ1) is 23.3. The van der Waals surface area contributed by atoms with Crippen LogP contribution in [0.25, 0.3) is 28.3 Å². The van der Waals surface area contributed by atoms with Gasteiger partial charge in [-0.15, -0.1) is 0 Å². The van der Waals surface area contributed by atoms with Crippen LogP contribution in [0.3, 0.4) is 0 Å². The monoisotopic (exact) mass is 487 g/mol. The first-order valence-electron chi connectivity index (χ1n) is 9.98. The maximum atomic E-state index is 13.3. The molecule has 1 amide bonds. The molecule has 0 radical (unpaired) electrons. The number of carbonyl (C=O) groups excluding carboxylic acids is 1. The lowest BCUT2D eigenvalue weighted by molar-refractivity contribution is -0.137. The summed E-state index contributed by atoms with van der Waals surface area (Å²) in [7, 11) is 1.35. The average Bonchev–Trinajstić information content (AvgIpc) is 3.28. The molecule has 0 bridgehead atoms. The molecule has 6 nitrogen and oxygen atoms in total. The van der Waals surface area contributed by atoms with E-state index in [4.69, 9.17) is 16.0 Å². The van der Waals surface area contributed by atoms with Gasteiger partial charge in [-0.3, -0.25) is 14.2 Å². The number of halogens is 4. The lowest BCUT2D eigenvalue weighted by atomic mass is 10.0. The minimum atomic E-state index is -4.61. The molecule has 0 fully saturated rings. The highest BCUT2D eigenvalue weighted by molar-refractivity contribution is 6.30. The quantitative estimate of drug-likeness (QED) is 0.412. The Bertz CT molecular complexity index is 1440. The van der Waals surface area contributed by atoms with Gasteiger partial charge in [0.05, 0.1) is 5.56 Å². The number of aromatic nitrogens is 2. The Morgan fingerprint density at radius 2 is 1.82 bits per heavy atom. The maximum absolute atomic E-state index is 13.3. The second kappa shape index (κ2) is 8.83. The van der Waals surface area contributed by atoms with E-state index in [2.05, 4.69) is 10.3 Å². The van der Waals surface area contributed by atoms with Gasteiger partial charge in [0.1, 0.15) is 11.3 Å². The van der Waals surface area contributed by atoms with Gasteiger partial charge in [-0.05, 0) is 43.3 Å². The highest BCUT2D eigenvalue weighted by Crippen LogP contribution is 2.35. The Balaban J connectivity index is 2.01. The van der Waals surface area contributed by atoms with Crippen LogP contribution in [-0.4, -0.2) is 22.5 Å². The van der Waals surface area contributed by atoms with Crippen molar-refractivity contribution in [2.45, 2.75) is 13.1 Å². The number of hydrogen-bond acceptors (Lipinski definition) is 4. The Kier molecular flexibility index (Phi) is 6.05. The molecule has 4 rings (SSSR count). The van der Waals surface area contributed by atoms with Crippen molar-refractivity contribution in [2.75, 3.05) is 7.05 Å². The van der Waals surface area contributed by atoms with Gasteiger partial charge in [0.2, 0.25) is 0 Å². The SMILES string of the molecule is CNC(=O)c1cc(-c2ocnc2-c2ccc(Cl)cc2)c(C)n(-c2cccc(C(F)(F)F)c2)c1=O. The molecule has 4 aromatic rings. The molecule has 0 aliphatic rings. The van der Waals surface area contributed by atoms with Crippen molar-refractivity contribution in [3.63, 3.8) is 0 Å². The van der Waals surface area contributed by atoms with Gasteiger partial charge < -0.3 is 9.73 Å². The topological polar surface area (TPSA) is 77.1 Å². The summed E-state index contributed by atoms with van der Waals surface area (Å²) in [6.07, 6.45) is -3.40. The molecular weight excluding hydrogens is 471 g/mol. The molecule has 174 valence electrons. The molecule has 0 saturated carbocycles. The summed E-state index contributed by atoms with van der Waals surface area (Å²) >= 11 is 5.97. The van der Waals surface area contributed by atoms with E-state index in [1.165, 1.54) is 31.6 Å². The minimum absolute atomic E-state index is 0.0445. The first-order valence-corrected chi connectivity index (χ1v) is 10.4. The maximum Gasteiger partial charge on any atom is 0.416 e. The van der Waals surface area contributed by atoms with Crippen LogP contribution < -0.4 is 10.9 Å². The molecule has 0 aliphatic carbocycles. The van der Waals surface area contributed by atoms with Gasteiger partial charge in [0.25, 0.3) is 11.5 Å². The molecule has 1 N–H and O–H groups in total. The highest BCUT2D eigenvalue weighted by atomic mass is 35.5. The third-order valence-electron chi connectivity index (χ3n) is 5.28. The minimum Gasteiger partial charge on any atom is -0.443 e. The van der Waals surface area contributed by atoms with Crippen LogP contribution in [0.4, 0.5) is 13.2 Å². The zero-order chi connectivity index (χ0) is 24.6. The largest absolute Gasteiger partial charge is 0.443 e. The van der Waals surface area contributed by atoms with Crippen molar-refractivity contribution in [2.24, 2.45) is 0 Å². The van der Waals surface area contributed by atoms with E-state index in [0.717, 1.165) is 16.7 Å². The van der Waals surface area contributed by atoms with Gasteiger partial charge in [-0.25, -0.2) is 4.98 Å². The predicted molar refractivity (Wildman–Crippen MR) is 121 cm³/mol. The van der Waals surface area contributed by atoms with E-state index in [-0.39, 0.29) is 22.7 Å². The van der Waals surface area contributed by atoms with Crippen molar-refractivity contribution in [3.05, 3.63) is 93.2 Å². The number of pyridine rings is 1. The molecule has 10 heteroatoms. The fraction of sp³-hybridized carbons (Fsp3) is 0.125. The molecule has 2 aromatic heterocycles. The molecule has 0 aliphatic heterocycles. The van der Waals surface area contributed by atoms with Crippen molar-refractivity contribution >= 4 is 17.5 Å². The number of alkyl halides is 3. The lowest BCUT2D eigenvalue weighted by Gasteiger charge is -2.17. The summed E-state index contributed by atoms with van der Waals surface area (Å²) in [4.78, 5) is 30.0. The summed E-state index contributed by atoms with van der Waals surface area (Å²) in [6.45, 7) is 1.55. The number of oxazole rings is 1. The molecule has 0 unspecified atom stereocenters. The third-order valence-corrected chi connectivity index (χ3v) is 5.53. The number of carbonyl (C=O) groups is 1. The number of rotatable bonds is 4. The number of nitrogens with zero attached hydrogens (tertiary/aromatic N) is 2. The second-order valence-electron chi connectivity index (χ2n) is 7.36. The fourth-order valence-electron chi connectivity index (χ4n) is 3.61. The predicted octanol–water partition coefficient (Wildman–Crippen LogP) is 5.50. The molecule has 2 aromatic carbocycles. The van der Waals surface area contributed by atoms with Crippen molar-refractivity contribution in [1.82, 2.24) is 14.9 Å². The van der Waals surface area contributed by atoms with Gasteiger partial charge in [-0.1, -0.05) is 29.8 Å². The van der Waals surface area contributed by atoms with Crippen LogP contribution in [0.2, 0.25) is 5.02 Å². The van der Waals surface area contributed by atoms with Gasteiger partial charge in [0, 0.05) is 34.6 Å². The summed E-state index contributed by atoms with van der Waals surface area (Å²) in [5, 5.41) is 2.91. The van der Waals surface area contributed by atoms with E-state index in [0.29, 0.717) is 21.8 Å². The van der Waals surface area contributed by atoms with Crippen LogP contribution >= 0.6 is 11.6 Å². The highest BCUT2D eigenvalue weighted by Gasteiger charge is 2.31. The molecule has 34 heavy (non-hydrogen) atoms. The number of benzene rings is 2. The Hall–Kier alpha value is -3.85. The molecule has 0 atom stereocenters. The van der Waals surface area contributed by atoms with E-state index >= 15 is 0 Å². The Morgan fingerprint density at radius 3 is 2.47 bits per heavy atom. The number of amides is 1. The third kappa shape index (κ3) is 4.22. The zero-order valence-corrected chi connectivity index (χ0v) is 18.7. The summed E-state index contributed by atoms with van der Waals surface area (Å²) in [5.74, 6) is -0.453. The normalized spacial score (nSPS) is 11.5. The van der Waals surface area contributed by atoms with E-state index in [1.807, 2.05) is 0 Å². The molecule has 0 spiro atoms. The standard InChI is InChI=1S/C24H17ClF3N3O3/c1-13-18(21-20(30-12-34-21)14-6-8-16(25)9-7-14)11-19(22(32)29-2)23(33)31(13)17-5-3-4-15(10-17)24(26,27)28/h3-12H,1-2H3,(H,29,32). The van der Waals surface area contributed by atoms with Crippen LogP contribution in [0.15, 0.2) is 70.2 Å². The van der Waals surface area contributed by atoms with Crippen LogP contribution in [0, 0.1) is 6.92 Å². The van der Waals surface area contributed by atoms with Crippen molar-refractivity contribution in [1.29, 1.82) is 0 Å². The summed E-state index contributed by atoms with van der Waals surface area (Å²) in [6, 6.07) is 12.5. The summed E-state index contributed by atoms with van der Waals surface area (Å²) in [5.41, 5.74) is -0.349. The van der Waals surface area contributed by atoms with Crippen LogP contribution in [-0.2, 0) is 6.18 Å². The Labute approximate surface area is 196 Å². The first-order chi connectivity index (χ1) is 16.1. The number of hydrogen-bond donors (Lipinski definition) is 1. The van der Waals surface area contributed by atoms with Gasteiger partial charge in [0.15, 0.2) is 12.2 Å². The Morgan fingerprint density at radius 1 is 1.12 bits per heavy atom. The van der Waals surface area contributed by atoms with E-state index in [1.54, 1.807) is 31.2 Å². The van der Waals surface area contributed by atoms with Crippen molar-refractivity contribution < 1.29 is 22.4 Å². The van der Waals surface area contributed by atoms with E-state index < -0.39 is 23.2 Å². The molecular formula is C24H17ClF3N3O3.